The minimum Gasteiger partial charge on any atom is -0.311 e. The first-order chi connectivity index (χ1) is 8.24. The van der Waals surface area contributed by atoms with Gasteiger partial charge in [0.05, 0.1) is 0 Å². The molecular formula is C13H19F3N2. The van der Waals surface area contributed by atoms with Gasteiger partial charge >= 0.3 is 0 Å². The topological polar surface area (TPSA) is 15.3 Å². The molecule has 0 bridgehead atoms. The predicted octanol–water partition coefficient (Wildman–Crippen LogP) is 2.53. The zero-order valence-electron chi connectivity index (χ0n) is 11.2. The van der Waals surface area contributed by atoms with Gasteiger partial charge in [-0.25, -0.2) is 13.2 Å². The van der Waals surface area contributed by atoms with E-state index in [0.29, 0.717) is 18.7 Å². The van der Waals surface area contributed by atoms with Crippen LogP contribution in [0, 0.1) is 17.5 Å². The normalized spacial score (nSPS) is 12.2. The van der Waals surface area contributed by atoms with Gasteiger partial charge in [0.1, 0.15) is 0 Å². The molecule has 0 heterocycles. The monoisotopic (exact) mass is 260 g/mol. The smallest absolute Gasteiger partial charge is 0.194 e. The molecule has 0 saturated heterocycles. The van der Waals surface area contributed by atoms with Crippen molar-refractivity contribution in [2.75, 3.05) is 20.6 Å². The highest BCUT2D eigenvalue weighted by atomic mass is 19.2. The Kier molecular flexibility index (Phi) is 4.76. The molecule has 0 aliphatic carbocycles. The van der Waals surface area contributed by atoms with Gasteiger partial charge in [-0.1, -0.05) is 0 Å². The number of halogens is 3. The first-order valence-corrected chi connectivity index (χ1v) is 5.75. The summed E-state index contributed by atoms with van der Waals surface area (Å²) < 4.78 is 38.7. The average molecular weight is 260 g/mol. The second kappa shape index (κ2) is 5.71. The predicted molar refractivity (Wildman–Crippen MR) is 65.8 cm³/mol. The van der Waals surface area contributed by atoms with Gasteiger partial charge in [-0.05, 0) is 45.6 Å². The third-order valence-corrected chi connectivity index (χ3v) is 3.14. The van der Waals surface area contributed by atoms with E-state index in [2.05, 4.69) is 5.32 Å². The van der Waals surface area contributed by atoms with E-state index in [0.717, 1.165) is 12.1 Å². The molecule has 1 aromatic carbocycles. The van der Waals surface area contributed by atoms with E-state index in [1.165, 1.54) is 0 Å². The van der Waals surface area contributed by atoms with Crippen molar-refractivity contribution in [3.05, 3.63) is 35.1 Å². The van der Waals surface area contributed by atoms with E-state index in [9.17, 15) is 13.2 Å². The van der Waals surface area contributed by atoms with E-state index < -0.39 is 17.5 Å². The fourth-order valence-corrected chi connectivity index (χ4v) is 1.38. The molecule has 0 spiro atoms. The molecule has 5 heteroatoms. The van der Waals surface area contributed by atoms with E-state index in [1.54, 1.807) is 0 Å². The molecule has 0 aliphatic rings. The molecule has 0 aliphatic heterocycles. The minimum atomic E-state index is -1.42. The van der Waals surface area contributed by atoms with Crippen LogP contribution in [-0.2, 0) is 6.54 Å². The van der Waals surface area contributed by atoms with Gasteiger partial charge in [0.25, 0.3) is 0 Å². The Morgan fingerprint density at radius 1 is 1.11 bits per heavy atom. The lowest BCUT2D eigenvalue weighted by atomic mass is 10.0. The highest BCUT2D eigenvalue weighted by molar-refractivity contribution is 5.19. The van der Waals surface area contributed by atoms with Crippen LogP contribution in [0.5, 0.6) is 0 Å². The quantitative estimate of drug-likeness (QED) is 0.818. The molecule has 0 amide bonds. The number of nitrogens with one attached hydrogen (secondary N) is 1. The van der Waals surface area contributed by atoms with E-state index >= 15 is 0 Å². The van der Waals surface area contributed by atoms with Crippen LogP contribution in [0.25, 0.3) is 0 Å². The molecule has 0 radical (unpaired) electrons. The van der Waals surface area contributed by atoms with Gasteiger partial charge in [0.2, 0.25) is 0 Å². The first-order valence-electron chi connectivity index (χ1n) is 5.75. The van der Waals surface area contributed by atoms with Crippen molar-refractivity contribution in [3.8, 4) is 0 Å². The number of nitrogens with zero attached hydrogens (tertiary/aromatic N) is 1. The second-order valence-corrected chi connectivity index (χ2v) is 5.18. The van der Waals surface area contributed by atoms with Crippen LogP contribution in [0.3, 0.4) is 0 Å². The Labute approximate surface area is 106 Å². The van der Waals surface area contributed by atoms with Crippen LogP contribution in [0.15, 0.2) is 12.1 Å². The molecule has 1 rings (SSSR count). The van der Waals surface area contributed by atoms with E-state index in [-0.39, 0.29) is 5.54 Å². The minimum absolute atomic E-state index is 0.0723. The first kappa shape index (κ1) is 15.0. The Hall–Kier alpha value is -1.07. The lowest BCUT2D eigenvalue weighted by molar-refractivity contribution is 0.189. The molecule has 2 nitrogen and oxygen atoms in total. The van der Waals surface area contributed by atoms with Crippen molar-refractivity contribution in [1.29, 1.82) is 0 Å². The van der Waals surface area contributed by atoms with Crippen molar-refractivity contribution in [2.45, 2.75) is 25.9 Å². The maximum absolute atomic E-state index is 13.0. The van der Waals surface area contributed by atoms with Gasteiger partial charge in [0.15, 0.2) is 17.5 Å². The Bertz CT molecular complexity index is 394. The Morgan fingerprint density at radius 3 is 2.06 bits per heavy atom. The van der Waals surface area contributed by atoms with Crippen LogP contribution >= 0.6 is 0 Å². The largest absolute Gasteiger partial charge is 0.311 e. The summed E-state index contributed by atoms with van der Waals surface area (Å²) in [5.74, 6) is -3.73. The molecule has 0 unspecified atom stereocenters. The zero-order chi connectivity index (χ0) is 13.9. The van der Waals surface area contributed by atoms with Gasteiger partial charge in [0, 0.05) is 18.6 Å². The summed E-state index contributed by atoms with van der Waals surface area (Å²) in [6.45, 7) is 5.05. The molecule has 18 heavy (non-hydrogen) atoms. The van der Waals surface area contributed by atoms with Crippen molar-refractivity contribution < 1.29 is 13.2 Å². The van der Waals surface area contributed by atoms with Crippen LogP contribution in [0.1, 0.15) is 19.4 Å². The van der Waals surface area contributed by atoms with Gasteiger partial charge in [-0.15, -0.1) is 0 Å². The Morgan fingerprint density at radius 2 is 1.61 bits per heavy atom. The number of hydrogen-bond acceptors (Lipinski definition) is 2. The average Bonchev–Trinajstić information content (AvgIpc) is 2.25. The number of likely N-dealkylation sites (N-methyl/N-ethyl adjacent to an activating group) is 1. The molecule has 1 aromatic rings. The maximum Gasteiger partial charge on any atom is 0.194 e. The SMILES string of the molecule is CN(C)C(C)(C)CNCc1cc(F)c(F)c(F)c1. The lowest BCUT2D eigenvalue weighted by Crippen LogP contribution is -2.46. The van der Waals surface area contributed by atoms with Crippen LogP contribution in [-0.4, -0.2) is 31.1 Å². The van der Waals surface area contributed by atoms with Crippen molar-refractivity contribution in [3.63, 3.8) is 0 Å². The summed E-state index contributed by atoms with van der Waals surface area (Å²) in [5.41, 5.74) is 0.317. The third kappa shape index (κ3) is 3.71. The van der Waals surface area contributed by atoms with Crippen molar-refractivity contribution in [1.82, 2.24) is 10.2 Å². The summed E-state index contributed by atoms with van der Waals surface area (Å²) >= 11 is 0. The number of benzene rings is 1. The fraction of sp³-hybridized carbons (Fsp3) is 0.538. The van der Waals surface area contributed by atoms with Crippen molar-refractivity contribution in [2.24, 2.45) is 0 Å². The van der Waals surface area contributed by atoms with Gasteiger partial charge in [-0.3, -0.25) is 0 Å². The fourth-order valence-electron chi connectivity index (χ4n) is 1.38. The maximum atomic E-state index is 13.0. The Balaban J connectivity index is 2.60. The highest BCUT2D eigenvalue weighted by Crippen LogP contribution is 2.14. The third-order valence-electron chi connectivity index (χ3n) is 3.14. The molecule has 0 aromatic heterocycles. The van der Waals surface area contributed by atoms with Crippen LogP contribution < -0.4 is 5.32 Å². The summed E-state index contributed by atoms with van der Waals surface area (Å²) in [7, 11) is 3.91. The molecule has 0 saturated carbocycles. The molecular weight excluding hydrogens is 241 g/mol. The molecule has 1 N–H and O–H groups in total. The summed E-state index contributed by atoms with van der Waals surface area (Å²) in [5, 5.41) is 3.10. The number of rotatable bonds is 5. The van der Waals surface area contributed by atoms with E-state index in [1.807, 2.05) is 32.8 Å². The standard InChI is InChI=1S/C13H19F3N2/c1-13(2,18(3)4)8-17-7-9-5-10(14)12(16)11(15)6-9/h5-6,17H,7-8H2,1-4H3. The number of hydrogen-bond donors (Lipinski definition) is 1. The summed E-state index contributed by atoms with van der Waals surface area (Å²) in [6.07, 6.45) is 0. The molecule has 0 fully saturated rings. The zero-order valence-corrected chi connectivity index (χ0v) is 11.2. The summed E-state index contributed by atoms with van der Waals surface area (Å²) in [6, 6.07) is 2.02. The van der Waals surface area contributed by atoms with E-state index in [4.69, 9.17) is 0 Å². The summed E-state index contributed by atoms with van der Waals surface area (Å²) in [4.78, 5) is 2.05. The lowest BCUT2D eigenvalue weighted by Gasteiger charge is -2.32. The van der Waals surface area contributed by atoms with Crippen LogP contribution in [0.2, 0.25) is 0 Å². The second-order valence-electron chi connectivity index (χ2n) is 5.18. The highest BCUT2D eigenvalue weighted by Gasteiger charge is 2.19. The van der Waals surface area contributed by atoms with Crippen LogP contribution in [0.4, 0.5) is 13.2 Å². The molecule has 102 valence electrons. The van der Waals surface area contributed by atoms with Gasteiger partial charge in [-0.2, -0.15) is 0 Å². The van der Waals surface area contributed by atoms with Gasteiger partial charge < -0.3 is 10.2 Å². The van der Waals surface area contributed by atoms with Crippen molar-refractivity contribution >= 4 is 0 Å². The molecule has 0 atom stereocenters.